The number of nitrogens with one attached hydrogen (secondary N) is 1. The molecule has 0 radical (unpaired) electrons. The van der Waals surface area contributed by atoms with Crippen molar-refractivity contribution in [3.63, 3.8) is 0 Å². The van der Waals surface area contributed by atoms with Crippen molar-refractivity contribution in [2.45, 2.75) is 233 Å². The van der Waals surface area contributed by atoms with Gasteiger partial charge in [0.25, 0.3) is 0 Å². The summed E-state index contributed by atoms with van der Waals surface area (Å²) in [5, 5.41) is 59.7. The Morgan fingerprint density at radius 1 is 0.416 bits per heavy atom. The maximum Gasteiger partial charge on any atom is 0.245 e. The van der Waals surface area contributed by atoms with E-state index >= 15 is 0 Å². The molecule has 1 aliphatic carbocycles. The first-order valence-electron chi connectivity index (χ1n) is 46.2. The number of anilines is 8. The average molecular weight is 1870 g/mol. The fraction of sp³-hybridized carbons (Fsp3) is 0.456. The molecule has 5 aliphatic rings. The Hall–Kier alpha value is -15.3. The molecule has 4 aliphatic heterocycles. The molecule has 0 bridgehead atoms. The van der Waals surface area contributed by atoms with Crippen LogP contribution in [0.5, 0.6) is 0 Å². The van der Waals surface area contributed by atoms with E-state index in [9.17, 15) is 10.2 Å². The molecule has 137 heavy (non-hydrogen) atoms. The molecule has 18 aromatic heterocycles. The van der Waals surface area contributed by atoms with Gasteiger partial charge in [-0.05, 0) is 154 Å². The summed E-state index contributed by atoms with van der Waals surface area (Å²) in [6.45, 7) is 32.0. The Labute approximate surface area is 784 Å². The third-order valence-electron chi connectivity index (χ3n) is 26.7. The van der Waals surface area contributed by atoms with Gasteiger partial charge in [0.15, 0.2) is 57.4 Å². The average Bonchev–Trinajstić information content (AvgIpc) is 1.64. The van der Waals surface area contributed by atoms with E-state index in [1.165, 1.54) is 35.8 Å². The highest BCUT2D eigenvalue weighted by atomic mass is 16.4. The molecular weight excluding hydrogens is 1750 g/mol. The fourth-order valence-electron chi connectivity index (χ4n) is 18.2. The first-order chi connectivity index (χ1) is 66.1. The molecule has 5 fully saturated rings. The highest BCUT2D eigenvalue weighted by molar-refractivity contribution is 5.71. The maximum atomic E-state index is 10.3. The van der Waals surface area contributed by atoms with Crippen LogP contribution in [0.15, 0.2) is 122 Å². The molecule has 0 aromatic carbocycles. The van der Waals surface area contributed by atoms with E-state index in [0.717, 1.165) is 165 Å². The number of aliphatic hydroxyl groups excluding tert-OH is 1. The number of nitrogen functional groups attached to an aromatic ring is 5. The second-order valence-corrected chi connectivity index (χ2v) is 36.3. The van der Waals surface area contributed by atoms with Crippen molar-refractivity contribution in [2.75, 3.05) is 76.1 Å². The van der Waals surface area contributed by atoms with E-state index in [1.54, 1.807) is 62.9 Å². The minimum Gasteiger partial charge on any atom is -0.443 e. The van der Waals surface area contributed by atoms with Crippen molar-refractivity contribution in [3.8, 4) is 57.9 Å². The summed E-state index contributed by atoms with van der Waals surface area (Å²) in [7, 11) is 0. The lowest BCUT2D eigenvalue weighted by Gasteiger charge is -2.37. The lowest BCUT2D eigenvalue weighted by atomic mass is 9.82. The van der Waals surface area contributed by atoms with Crippen LogP contribution in [-0.4, -0.2) is 225 Å². The molecule has 8 atom stereocenters. The Kier molecular flexibility index (Phi) is 24.9. The third kappa shape index (κ3) is 18.1. The zero-order chi connectivity index (χ0) is 95.5. The number of piperidine rings is 4. The summed E-state index contributed by atoms with van der Waals surface area (Å²) in [6.07, 6.45) is 36.9. The van der Waals surface area contributed by atoms with E-state index in [0.29, 0.717) is 129 Å². The molecule has 47 nitrogen and oxygen atoms in total. The van der Waals surface area contributed by atoms with Crippen molar-refractivity contribution in [1.29, 1.82) is 0 Å². The summed E-state index contributed by atoms with van der Waals surface area (Å²) in [4.78, 5) is 73.8. The van der Waals surface area contributed by atoms with Gasteiger partial charge in [-0.3, -0.25) is 14.0 Å². The molecule has 18 aromatic rings. The van der Waals surface area contributed by atoms with Gasteiger partial charge >= 0.3 is 0 Å². The number of aromatic nitrogens is 31. The third-order valence-corrected chi connectivity index (χ3v) is 26.7. The lowest BCUT2D eigenvalue weighted by molar-refractivity contribution is 0.0258. The molecule has 22 heterocycles. The Balaban J connectivity index is 0.000000111. The highest BCUT2D eigenvalue weighted by Crippen LogP contribution is 2.41. The topological polar surface area (TPSA) is 591 Å². The monoisotopic (exact) mass is 1860 g/mol. The SMILES string of the molecule is CCn1cc(N2C[C@H](c3nc4c(C)c(-c5ncco5)nc(N)n4n3)CC[C@@H]2C)cn1.CCn1cc(N2C[C@H](c3nc4c(C)c(-c5ncco5)nc(N)n4n3)CC[C@H]2C)cn1.Cc1c(-c2ncco2)nc(N)n2nc(C3CC(O)C3)nc12.Cc1c(-c2ncco2)nc(N)n2nc([C@@H]3CCCN(c4cnn([C@@H](C)C(C)(C)O)c4)C3)nc12.Cc1c(-c2ncco2)nc(N)n2nc([C@@H]3CC[C@H](C)NC3)nc12. The number of hydrogen-bond acceptors (Lipinski definition) is 39. The van der Waals surface area contributed by atoms with Crippen LogP contribution in [0.3, 0.4) is 0 Å². The maximum absolute atomic E-state index is 10.3. The van der Waals surface area contributed by atoms with Crippen LogP contribution in [0.25, 0.3) is 86.2 Å². The molecule has 47 heteroatoms. The van der Waals surface area contributed by atoms with Gasteiger partial charge in [-0.25, -0.2) is 74.8 Å². The second kappa shape index (κ2) is 37.5. The zero-order valence-electron chi connectivity index (χ0n) is 78.6. The largest absolute Gasteiger partial charge is 0.443 e. The van der Waals surface area contributed by atoms with E-state index in [4.69, 9.17) is 86.0 Å². The van der Waals surface area contributed by atoms with Crippen molar-refractivity contribution in [3.05, 3.63) is 156 Å². The summed E-state index contributed by atoms with van der Waals surface area (Å²) in [5.41, 5.74) is 43.6. The molecule has 0 spiro atoms. The van der Waals surface area contributed by atoms with E-state index in [-0.39, 0.29) is 65.6 Å². The van der Waals surface area contributed by atoms with E-state index in [1.807, 2.05) is 80.4 Å². The van der Waals surface area contributed by atoms with Crippen LogP contribution < -0.4 is 48.7 Å². The van der Waals surface area contributed by atoms with E-state index in [2.05, 4.69) is 147 Å². The standard InChI is InChI=1S/C22H29N9O2.2C20H25N9O.C15H19N7O.C13H14N6O2/c1-13-17(20-24-7-9-33-20)26-21(23)31-19(13)27-18(28-31)15-6-5-8-29(11-15)16-10-25-30(12-16)14(2)22(3,4)32;2*1-4-27-11-15(9-23-27)28-10-14(6-5-12(28)2)17-25-18-13(3)16(19-22-7-8-30-19)24-20(21)29(18)26-17;1-8-3-4-10(7-18-8)12-20-13-9(2)11(14-17-5-6-23-14)19-15(16)22(13)21-12;1-6-9(12-15-2-3-21-12)16-13(14)19-11(6)17-10(18-19)7-4-8(20)5-7/h7,9-10,12,14-15,32H,5-6,8,11H2,1-4H3,(H2,23,26);2*7-9,11-12,14H,4-6,10H2,1-3H3,(H2,21,24);5-6,8,10,18H,3-4,7H2,1-2H3,(H2,16,19);2-3,7-8,20H,4-5H2,1H3,(H2,14,16)/t14-,15+;12-,14+;12-,14-;8-,10+;/m0010./s1. The second-order valence-electron chi connectivity index (χ2n) is 36.3. The Morgan fingerprint density at radius 3 is 1.05 bits per heavy atom. The molecule has 1 saturated carbocycles. The normalized spacial score (nSPS) is 20.0. The van der Waals surface area contributed by atoms with Gasteiger partial charge in [-0.2, -0.15) is 37.9 Å². The van der Waals surface area contributed by atoms with Gasteiger partial charge in [0, 0.05) is 140 Å². The van der Waals surface area contributed by atoms with Gasteiger partial charge in [-0.1, -0.05) is 0 Å². The summed E-state index contributed by atoms with van der Waals surface area (Å²) in [6, 6.07) is 1.30. The number of aryl methyl sites for hydroxylation is 7. The number of fused-ring (bicyclic) bond motifs is 5. The van der Waals surface area contributed by atoms with Crippen LogP contribution >= 0.6 is 0 Å². The first-order valence-corrected chi connectivity index (χ1v) is 46.2. The molecule has 0 unspecified atom stereocenters. The Morgan fingerprint density at radius 2 is 0.745 bits per heavy atom. The van der Waals surface area contributed by atoms with Crippen molar-refractivity contribution >= 4 is 75.0 Å². The van der Waals surface area contributed by atoms with Gasteiger partial charge in [-0.15, -0.1) is 25.5 Å². The molecule has 4 saturated heterocycles. The first kappa shape index (κ1) is 90.9. The smallest absolute Gasteiger partial charge is 0.245 e. The number of rotatable bonds is 17. The number of hydrogen-bond donors (Lipinski definition) is 8. The number of nitrogens with zero attached hydrogens (tertiary/aromatic N) is 34. The summed E-state index contributed by atoms with van der Waals surface area (Å²) < 4.78 is 40.6. The summed E-state index contributed by atoms with van der Waals surface area (Å²) >= 11 is 0. The van der Waals surface area contributed by atoms with Gasteiger partial charge in [0.05, 0.1) is 84.4 Å². The van der Waals surface area contributed by atoms with Crippen LogP contribution in [0.1, 0.15) is 212 Å². The number of aliphatic hydroxyl groups is 2. The van der Waals surface area contributed by atoms with Crippen LogP contribution in [0.2, 0.25) is 0 Å². The zero-order valence-corrected chi connectivity index (χ0v) is 78.6. The van der Waals surface area contributed by atoms with Crippen LogP contribution in [-0.2, 0) is 13.1 Å². The quantitative estimate of drug-likeness (QED) is 0.0420. The van der Waals surface area contributed by atoms with Gasteiger partial charge < -0.3 is 81.0 Å². The summed E-state index contributed by atoms with van der Waals surface area (Å²) in [5.74, 6) is 8.30. The predicted octanol–water partition coefficient (Wildman–Crippen LogP) is 10.3. The lowest BCUT2D eigenvalue weighted by Crippen LogP contribution is -2.41. The van der Waals surface area contributed by atoms with Gasteiger partial charge in [0.1, 0.15) is 59.8 Å². The van der Waals surface area contributed by atoms with Gasteiger partial charge in [0.2, 0.25) is 59.2 Å². The predicted molar refractivity (Wildman–Crippen MR) is 505 cm³/mol. The minimum atomic E-state index is -0.857. The molecule has 23 rings (SSSR count). The van der Waals surface area contributed by atoms with Crippen molar-refractivity contribution < 1.29 is 32.3 Å². The number of oxazole rings is 5. The van der Waals surface area contributed by atoms with Crippen molar-refractivity contribution in [2.24, 2.45) is 0 Å². The van der Waals surface area contributed by atoms with Crippen molar-refractivity contribution in [1.82, 2.24) is 157 Å². The van der Waals surface area contributed by atoms with E-state index < -0.39 is 5.60 Å². The molecule has 0 amide bonds. The Bertz CT molecular complexity index is 7040. The minimum absolute atomic E-state index is 0.136. The molecule has 13 N–H and O–H groups in total. The highest BCUT2D eigenvalue weighted by Gasteiger charge is 2.38. The van der Waals surface area contributed by atoms with Crippen LogP contribution in [0.4, 0.5) is 46.8 Å². The molecular formula is C90H112N40O7. The number of nitrogens with two attached hydrogens (primary N) is 5. The van der Waals surface area contributed by atoms with Crippen LogP contribution in [0, 0.1) is 34.6 Å². The molecule has 714 valence electrons. The fourth-order valence-corrected chi connectivity index (χ4v) is 18.2.